The van der Waals surface area contributed by atoms with Gasteiger partial charge in [-0.1, -0.05) is 43.5 Å². The second kappa shape index (κ2) is 9.58. The van der Waals surface area contributed by atoms with Crippen molar-refractivity contribution in [3.8, 4) is 0 Å². The lowest BCUT2D eigenvalue weighted by Crippen LogP contribution is -2.04. The number of phosphoric acid groups is 1. The van der Waals surface area contributed by atoms with Crippen LogP contribution in [0, 0.1) is 0 Å². The van der Waals surface area contributed by atoms with Crippen molar-refractivity contribution in [3.63, 3.8) is 0 Å². The van der Waals surface area contributed by atoms with Gasteiger partial charge in [-0.2, -0.15) is 0 Å². The molecule has 1 aromatic carbocycles. The van der Waals surface area contributed by atoms with Crippen LogP contribution < -0.4 is 0 Å². The van der Waals surface area contributed by atoms with Gasteiger partial charge in [-0.15, -0.1) is 0 Å². The number of phosphoric ester groups is 1. The molecule has 5 heteroatoms. The summed E-state index contributed by atoms with van der Waals surface area (Å²) in [6.07, 6.45) is 8.48. The summed E-state index contributed by atoms with van der Waals surface area (Å²) in [4.78, 5) is 0. The first-order valence-electron chi connectivity index (χ1n) is 8.70. The van der Waals surface area contributed by atoms with Gasteiger partial charge in [0.1, 0.15) is 0 Å². The van der Waals surface area contributed by atoms with E-state index < -0.39 is 7.82 Å². The molecule has 1 aliphatic carbocycles. The van der Waals surface area contributed by atoms with E-state index in [1.54, 1.807) is 6.92 Å². The van der Waals surface area contributed by atoms with Gasteiger partial charge in [0.25, 0.3) is 0 Å². The van der Waals surface area contributed by atoms with E-state index in [9.17, 15) is 4.57 Å². The zero-order valence-corrected chi connectivity index (χ0v) is 15.2. The van der Waals surface area contributed by atoms with Crippen molar-refractivity contribution >= 4 is 7.82 Å². The average molecular weight is 340 g/mol. The molecule has 23 heavy (non-hydrogen) atoms. The quantitative estimate of drug-likeness (QED) is 0.441. The molecule has 1 unspecified atom stereocenters. The first-order valence-corrected chi connectivity index (χ1v) is 10.2. The molecule has 0 aromatic heterocycles. The van der Waals surface area contributed by atoms with Crippen LogP contribution in [0.5, 0.6) is 0 Å². The zero-order chi connectivity index (χ0) is 16.5. The molecule has 1 atom stereocenters. The van der Waals surface area contributed by atoms with Gasteiger partial charge in [-0.25, -0.2) is 4.57 Å². The third-order valence-electron chi connectivity index (χ3n) is 4.43. The highest BCUT2D eigenvalue weighted by Gasteiger charge is 2.23. The Labute approximate surface area is 140 Å². The summed E-state index contributed by atoms with van der Waals surface area (Å²) in [5, 5.41) is 0. The highest BCUT2D eigenvalue weighted by atomic mass is 31.2. The molecule has 0 N–H and O–H groups in total. The first kappa shape index (κ1) is 18.7. The summed E-state index contributed by atoms with van der Waals surface area (Å²) in [6, 6.07) is 8.96. The normalized spacial score (nSPS) is 18.7. The van der Waals surface area contributed by atoms with Crippen molar-refractivity contribution in [2.75, 3.05) is 20.3 Å². The molecule has 0 aliphatic heterocycles. The van der Waals surface area contributed by atoms with Gasteiger partial charge in [0.15, 0.2) is 0 Å². The van der Waals surface area contributed by atoms with Gasteiger partial charge in [0.2, 0.25) is 0 Å². The zero-order valence-electron chi connectivity index (χ0n) is 14.3. The van der Waals surface area contributed by atoms with Crippen molar-refractivity contribution in [2.45, 2.75) is 57.8 Å². The smallest absolute Gasteiger partial charge is 0.290 e. The van der Waals surface area contributed by atoms with E-state index in [2.05, 4.69) is 24.3 Å². The Balaban J connectivity index is 1.74. The molecule has 130 valence electrons. The fourth-order valence-corrected chi connectivity index (χ4v) is 4.10. The molecule has 1 aliphatic rings. The first-order chi connectivity index (χ1) is 11.2. The molecular weight excluding hydrogens is 311 g/mol. The van der Waals surface area contributed by atoms with Gasteiger partial charge in [0, 0.05) is 7.11 Å². The van der Waals surface area contributed by atoms with Gasteiger partial charge in [0.05, 0.1) is 13.2 Å². The van der Waals surface area contributed by atoms with Gasteiger partial charge >= 0.3 is 7.82 Å². The average Bonchev–Trinajstić information content (AvgIpc) is 2.60. The number of rotatable bonds is 9. The van der Waals surface area contributed by atoms with E-state index in [0.29, 0.717) is 13.2 Å². The maximum atomic E-state index is 11.9. The van der Waals surface area contributed by atoms with Crippen LogP contribution >= 0.6 is 7.82 Å². The van der Waals surface area contributed by atoms with Crippen molar-refractivity contribution in [3.05, 3.63) is 35.4 Å². The Bertz CT molecular complexity index is 494. The van der Waals surface area contributed by atoms with Gasteiger partial charge < -0.3 is 0 Å². The number of aryl methyl sites for hydroxylation is 1. The fraction of sp³-hybridized carbons (Fsp3) is 0.667. The fourth-order valence-electron chi connectivity index (χ4n) is 3.15. The highest BCUT2D eigenvalue weighted by Crippen LogP contribution is 2.48. The Morgan fingerprint density at radius 2 is 1.78 bits per heavy atom. The molecule has 0 spiro atoms. The second-order valence-electron chi connectivity index (χ2n) is 6.06. The lowest BCUT2D eigenvalue weighted by atomic mass is 9.84. The van der Waals surface area contributed by atoms with Crippen LogP contribution in [0.4, 0.5) is 0 Å². The minimum Gasteiger partial charge on any atom is -0.290 e. The van der Waals surface area contributed by atoms with Crippen LogP contribution in [0.25, 0.3) is 0 Å². The molecule has 0 radical (unpaired) electrons. The van der Waals surface area contributed by atoms with Crippen LogP contribution in [0.3, 0.4) is 0 Å². The molecular formula is C18H29O4P. The molecule has 0 saturated heterocycles. The van der Waals surface area contributed by atoms with E-state index in [0.717, 1.165) is 18.8 Å². The minimum absolute atomic E-state index is 0.313. The minimum atomic E-state index is -3.35. The maximum absolute atomic E-state index is 11.9. The van der Waals surface area contributed by atoms with Gasteiger partial charge in [-0.05, 0) is 49.7 Å². The standard InChI is InChI=1S/C18H29O4P/c1-3-21-23(19,20-2)22-15-7-8-16-11-13-18(14-12-16)17-9-5-4-6-10-17/h11-14,17H,3-10,15H2,1-2H3. The molecule has 1 fully saturated rings. The largest absolute Gasteiger partial charge is 0.474 e. The van der Waals surface area contributed by atoms with E-state index in [1.165, 1.54) is 50.3 Å². The summed E-state index contributed by atoms with van der Waals surface area (Å²) in [7, 11) is -2.00. The molecule has 1 aromatic rings. The number of hydrogen-bond donors (Lipinski definition) is 0. The molecule has 1 saturated carbocycles. The Morgan fingerprint density at radius 3 is 2.39 bits per heavy atom. The van der Waals surface area contributed by atoms with Crippen LogP contribution in [0.1, 0.15) is 62.5 Å². The highest BCUT2D eigenvalue weighted by molar-refractivity contribution is 7.48. The van der Waals surface area contributed by atoms with Crippen LogP contribution in [0.15, 0.2) is 24.3 Å². The maximum Gasteiger partial charge on any atom is 0.474 e. The van der Waals surface area contributed by atoms with E-state index in [1.807, 2.05) is 0 Å². The van der Waals surface area contributed by atoms with Crippen LogP contribution in [0.2, 0.25) is 0 Å². The molecule has 0 heterocycles. The molecule has 4 nitrogen and oxygen atoms in total. The van der Waals surface area contributed by atoms with Crippen LogP contribution in [-0.2, 0) is 24.6 Å². The number of hydrogen-bond acceptors (Lipinski definition) is 4. The van der Waals surface area contributed by atoms with Crippen molar-refractivity contribution in [1.29, 1.82) is 0 Å². The monoisotopic (exact) mass is 340 g/mol. The van der Waals surface area contributed by atoms with Crippen molar-refractivity contribution in [1.82, 2.24) is 0 Å². The van der Waals surface area contributed by atoms with E-state index in [-0.39, 0.29) is 0 Å². The number of benzene rings is 1. The lowest BCUT2D eigenvalue weighted by Gasteiger charge is -2.22. The molecule has 0 bridgehead atoms. The molecule has 2 rings (SSSR count). The topological polar surface area (TPSA) is 44.8 Å². The summed E-state index contributed by atoms with van der Waals surface area (Å²) >= 11 is 0. The summed E-state index contributed by atoms with van der Waals surface area (Å²) in [6.45, 7) is 2.45. The SMILES string of the molecule is CCOP(=O)(OC)OCCCc1ccc(C2CCCCC2)cc1. The predicted octanol–water partition coefficient (Wildman–Crippen LogP) is 5.47. The summed E-state index contributed by atoms with van der Waals surface area (Å²) in [5.41, 5.74) is 2.77. The van der Waals surface area contributed by atoms with Crippen molar-refractivity contribution < 1.29 is 18.1 Å². The lowest BCUT2D eigenvalue weighted by molar-refractivity contribution is 0.135. The van der Waals surface area contributed by atoms with E-state index >= 15 is 0 Å². The Morgan fingerprint density at radius 1 is 1.09 bits per heavy atom. The Hall–Kier alpha value is -0.670. The second-order valence-corrected chi connectivity index (χ2v) is 7.84. The summed E-state index contributed by atoms with van der Waals surface area (Å²) in [5.74, 6) is 0.750. The van der Waals surface area contributed by atoms with Crippen molar-refractivity contribution in [2.24, 2.45) is 0 Å². The van der Waals surface area contributed by atoms with Crippen LogP contribution in [-0.4, -0.2) is 20.3 Å². The van der Waals surface area contributed by atoms with E-state index in [4.69, 9.17) is 13.6 Å². The predicted molar refractivity (Wildman–Crippen MR) is 92.8 cm³/mol. The Kier molecular flexibility index (Phi) is 7.78. The third-order valence-corrected chi connectivity index (χ3v) is 5.95. The summed E-state index contributed by atoms with van der Waals surface area (Å²) < 4.78 is 27.1. The molecule has 0 amide bonds. The third kappa shape index (κ3) is 6.04. The van der Waals surface area contributed by atoms with Gasteiger partial charge in [-0.3, -0.25) is 13.6 Å².